The first kappa shape index (κ1) is 17.9. The number of hydrogen-bond donors (Lipinski definition) is 3. The van der Waals surface area contributed by atoms with Gasteiger partial charge in [0.25, 0.3) is 5.91 Å². The normalized spacial score (nSPS) is 22.6. The second-order valence-electron chi connectivity index (χ2n) is 6.47. The number of carbonyl (C=O) groups excluding carboxylic acids is 1. The summed E-state index contributed by atoms with van der Waals surface area (Å²) in [4.78, 5) is 11.8. The molecule has 1 heterocycles. The van der Waals surface area contributed by atoms with E-state index in [4.69, 9.17) is 5.73 Å². The zero-order valence-electron chi connectivity index (χ0n) is 14.4. The molecule has 8 heteroatoms. The predicted octanol–water partition coefficient (Wildman–Crippen LogP) is 2.32. The Morgan fingerprint density at radius 1 is 1.38 bits per heavy atom. The van der Waals surface area contributed by atoms with Crippen molar-refractivity contribution >= 4 is 17.4 Å². The fourth-order valence-corrected chi connectivity index (χ4v) is 3.38. The third-order valence-electron chi connectivity index (χ3n) is 4.83. The average molecular weight is 356 g/mol. The molecular weight excluding hydrogens is 335 g/mol. The Balaban J connectivity index is 1.88. The van der Waals surface area contributed by atoms with Gasteiger partial charge in [0.1, 0.15) is 11.4 Å². The van der Waals surface area contributed by atoms with Crippen molar-refractivity contribution < 1.29 is 9.18 Å². The Kier molecular flexibility index (Phi) is 5.19. The fourth-order valence-electron chi connectivity index (χ4n) is 3.38. The Hall–Kier alpha value is -2.92. The second kappa shape index (κ2) is 7.54. The number of nitrogens with zero attached hydrogens (tertiary/aromatic N) is 3. The molecule has 1 aliphatic carbocycles. The van der Waals surface area contributed by atoms with Crippen LogP contribution in [0, 0.1) is 23.1 Å². The third-order valence-corrected chi connectivity index (χ3v) is 4.83. The predicted molar refractivity (Wildman–Crippen MR) is 95.3 cm³/mol. The standard InChI is InChI=1S/C18H21FN6O/c1-22-14-6-7-16(11(8-14)9-20)25-10-15(17(21)26)18(24-25)23-13-4-2-12(19)3-5-13/h2-5,10-11,14,16,22H,6-8H2,1H3,(H2,21,26)(H,23,24)/t11?,14?,16-/m0/s1. The molecule has 1 amide bonds. The van der Waals surface area contributed by atoms with Crippen molar-refractivity contribution in [3.8, 4) is 6.07 Å². The average Bonchev–Trinajstić information content (AvgIpc) is 3.07. The van der Waals surface area contributed by atoms with Gasteiger partial charge >= 0.3 is 0 Å². The highest BCUT2D eigenvalue weighted by atomic mass is 19.1. The summed E-state index contributed by atoms with van der Waals surface area (Å²) in [5, 5.41) is 20.2. The lowest BCUT2D eigenvalue weighted by molar-refractivity contribution is 0.100. The van der Waals surface area contributed by atoms with E-state index in [-0.39, 0.29) is 23.3 Å². The van der Waals surface area contributed by atoms with Crippen LogP contribution < -0.4 is 16.4 Å². The van der Waals surface area contributed by atoms with Crippen molar-refractivity contribution in [1.82, 2.24) is 15.1 Å². The number of halogens is 1. The van der Waals surface area contributed by atoms with Gasteiger partial charge in [0.2, 0.25) is 0 Å². The molecule has 3 atom stereocenters. The maximum absolute atomic E-state index is 13.1. The first-order chi connectivity index (χ1) is 12.5. The SMILES string of the molecule is CNC1CC[C@H](n2cc(C(N)=O)c(Nc3ccc(F)cc3)n2)C(C#N)C1. The van der Waals surface area contributed by atoms with Crippen molar-refractivity contribution in [2.24, 2.45) is 11.7 Å². The van der Waals surface area contributed by atoms with Crippen LogP contribution in [0.25, 0.3) is 0 Å². The Bertz CT molecular complexity index is 825. The van der Waals surface area contributed by atoms with E-state index in [0.717, 1.165) is 19.3 Å². The minimum Gasteiger partial charge on any atom is -0.365 e. The van der Waals surface area contributed by atoms with Crippen molar-refractivity contribution in [3.63, 3.8) is 0 Å². The van der Waals surface area contributed by atoms with Crippen LogP contribution in [-0.2, 0) is 0 Å². The highest BCUT2D eigenvalue weighted by molar-refractivity contribution is 5.98. The van der Waals surface area contributed by atoms with Crippen LogP contribution in [0.1, 0.15) is 35.7 Å². The number of aromatic nitrogens is 2. The van der Waals surface area contributed by atoms with E-state index in [0.29, 0.717) is 17.5 Å². The highest BCUT2D eigenvalue weighted by Gasteiger charge is 2.32. The molecule has 1 fully saturated rings. The van der Waals surface area contributed by atoms with E-state index in [1.807, 2.05) is 7.05 Å². The van der Waals surface area contributed by atoms with E-state index in [1.54, 1.807) is 23.0 Å². The molecule has 0 saturated heterocycles. The molecule has 1 aromatic carbocycles. The Morgan fingerprint density at radius 3 is 2.73 bits per heavy atom. The molecule has 3 rings (SSSR count). The first-order valence-electron chi connectivity index (χ1n) is 8.50. The number of nitriles is 1. The fraction of sp³-hybridized carbons (Fsp3) is 0.389. The summed E-state index contributed by atoms with van der Waals surface area (Å²) in [5.74, 6) is -0.871. The van der Waals surface area contributed by atoms with E-state index in [1.165, 1.54) is 12.1 Å². The van der Waals surface area contributed by atoms with E-state index in [9.17, 15) is 14.4 Å². The van der Waals surface area contributed by atoms with Gasteiger partial charge in [0.15, 0.2) is 5.82 Å². The maximum Gasteiger partial charge on any atom is 0.254 e. The molecule has 0 bridgehead atoms. The number of primary amides is 1. The van der Waals surface area contributed by atoms with Gasteiger partial charge in [0.05, 0.1) is 18.0 Å². The zero-order valence-corrected chi connectivity index (χ0v) is 14.4. The van der Waals surface area contributed by atoms with Crippen LogP contribution in [0.4, 0.5) is 15.9 Å². The summed E-state index contributed by atoms with van der Waals surface area (Å²) in [6.07, 6.45) is 4.01. The zero-order chi connectivity index (χ0) is 18.7. The maximum atomic E-state index is 13.1. The van der Waals surface area contributed by atoms with Gasteiger partial charge in [-0.2, -0.15) is 10.4 Å². The lowest BCUT2D eigenvalue weighted by Crippen LogP contribution is -2.36. The summed E-state index contributed by atoms with van der Waals surface area (Å²) < 4.78 is 14.7. The number of amides is 1. The van der Waals surface area contributed by atoms with Gasteiger partial charge in [0, 0.05) is 17.9 Å². The van der Waals surface area contributed by atoms with Gasteiger partial charge in [-0.1, -0.05) is 0 Å². The Labute approximate surface area is 151 Å². The molecule has 0 radical (unpaired) electrons. The van der Waals surface area contributed by atoms with Crippen molar-refractivity contribution in [1.29, 1.82) is 5.26 Å². The largest absolute Gasteiger partial charge is 0.365 e. The smallest absolute Gasteiger partial charge is 0.254 e. The molecule has 7 nitrogen and oxygen atoms in total. The number of hydrogen-bond acceptors (Lipinski definition) is 5. The number of rotatable bonds is 5. The minimum absolute atomic E-state index is 0.119. The molecule has 26 heavy (non-hydrogen) atoms. The van der Waals surface area contributed by atoms with Crippen LogP contribution in [-0.4, -0.2) is 28.8 Å². The van der Waals surface area contributed by atoms with E-state index in [2.05, 4.69) is 21.8 Å². The summed E-state index contributed by atoms with van der Waals surface area (Å²) in [6.45, 7) is 0. The molecule has 1 saturated carbocycles. The van der Waals surface area contributed by atoms with Gasteiger partial charge in [-0.25, -0.2) is 4.39 Å². The quantitative estimate of drug-likeness (QED) is 0.762. The molecule has 2 unspecified atom stereocenters. The summed E-state index contributed by atoms with van der Waals surface area (Å²) in [7, 11) is 1.89. The number of carbonyl (C=O) groups is 1. The molecule has 4 N–H and O–H groups in total. The van der Waals surface area contributed by atoms with Crippen molar-refractivity contribution in [2.75, 3.05) is 12.4 Å². The number of nitrogens with two attached hydrogens (primary N) is 1. The van der Waals surface area contributed by atoms with Crippen LogP contribution in [0.15, 0.2) is 30.5 Å². The topological polar surface area (TPSA) is 109 Å². The lowest BCUT2D eigenvalue weighted by atomic mass is 9.82. The van der Waals surface area contributed by atoms with Crippen LogP contribution in [0.2, 0.25) is 0 Å². The number of nitrogens with one attached hydrogen (secondary N) is 2. The van der Waals surface area contributed by atoms with Gasteiger partial charge in [-0.05, 0) is 50.6 Å². The molecule has 0 aliphatic heterocycles. The highest BCUT2D eigenvalue weighted by Crippen LogP contribution is 2.34. The van der Waals surface area contributed by atoms with Gasteiger partial charge in [-0.3, -0.25) is 9.48 Å². The summed E-state index contributed by atoms with van der Waals surface area (Å²) >= 11 is 0. The lowest BCUT2D eigenvalue weighted by Gasteiger charge is -2.32. The van der Waals surface area contributed by atoms with Crippen LogP contribution >= 0.6 is 0 Å². The molecule has 136 valence electrons. The number of anilines is 2. The molecular formula is C18H21FN6O. The van der Waals surface area contributed by atoms with Gasteiger partial charge < -0.3 is 16.4 Å². The van der Waals surface area contributed by atoms with Gasteiger partial charge in [-0.15, -0.1) is 0 Å². The van der Waals surface area contributed by atoms with E-state index >= 15 is 0 Å². The second-order valence-corrected chi connectivity index (χ2v) is 6.47. The summed E-state index contributed by atoms with van der Waals surface area (Å²) in [6, 6.07) is 8.27. The summed E-state index contributed by atoms with van der Waals surface area (Å²) in [5.41, 5.74) is 6.31. The minimum atomic E-state index is -0.613. The molecule has 0 spiro atoms. The van der Waals surface area contributed by atoms with Crippen LogP contribution in [0.5, 0.6) is 0 Å². The molecule has 2 aromatic rings. The first-order valence-corrected chi connectivity index (χ1v) is 8.50. The van der Waals surface area contributed by atoms with Crippen LogP contribution in [0.3, 0.4) is 0 Å². The van der Waals surface area contributed by atoms with Crippen molar-refractivity contribution in [3.05, 3.63) is 41.8 Å². The third kappa shape index (κ3) is 3.68. The molecule has 1 aliphatic rings. The monoisotopic (exact) mass is 356 g/mol. The van der Waals surface area contributed by atoms with Crippen molar-refractivity contribution in [2.45, 2.75) is 31.3 Å². The molecule has 1 aromatic heterocycles. The number of benzene rings is 1. The van der Waals surface area contributed by atoms with E-state index < -0.39 is 5.91 Å². The Morgan fingerprint density at radius 2 is 2.12 bits per heavy atom.